The Labute approximate surface area is 102 Å². The lowest BCUT2D eigenvalue weighted by Crippen LogP contribution is -2.37. The molecular weight excluding hydrogens is 272 g/mol. The van der Waals surface area contributed by atoms with E-state index < -0.39 is 0 Å². The first-order chi connectivity index (χ1) is 7.66. The summed E-state index contributed by atoms with van der Waals surface area (Å²) in [6.07, 6.45) is 4.28. The molecule has 5 nitrogen and oxygen atoms in total. The van der Waals surface area contributed by atoms with E-state index in [1.165, 1.54) is 0 Å². The van der Waals surface area contributed by atoms with Crippen molar-refractivity contribution in [3.63, 3.8) is 0 Å². The minimum absolute atomic E-state index is 0.0488. The Bertz CT molecular complexity index is 381. The van der Waals surface area contributed by atoms with Crippen molar-refractivity contribution in [1.82, 2.24) is 20.2 Å². The maximum Gasteiger partial charge on any atom is 0.237 e. The van der Waals surface area contributed by atoms with Gasteiger partial charge in [-0.05, 0) is 29.4 Å². The molecular formula is C10H13BrN4O. The second-order valence-corrected chi connectivity index (χ2v) is 4.74. The van der Waals surface area contributed by atoms with Gasteiger partial charge in [0.05, 0.1) is 17.1 Å². The topological polar surface area (TPSA) is 58.1 Å². The number of hydrogen-bond acceptors (Lipinski definition) is 4. The normalized spacial score (nSPS) is 20.2. The minimum Gasteiger partial charge on any atom is -0.355 e. The van der Waals surface area contributed by atoms with Crippen molar-refractivity contribution in [2.24, 2.45) is 0 Å². The quantitative estimate of drug-likeness (QED) is 0.881. The van der Waals surface area contributed by atoms with Crippen LogP contribution in [0.1, 0.15) is 12.2 Å². The number of hydrogen-bond donors (Lipinski definition) is 1. The van der Waals surface area contributed by atoms with Crippen molar-refractivity contribution in [1.29, 1.82) is 0 Å². The van der Waals surface area contributed by atoms with Gasteiger partial charge in [-0.1, -0.05) is 0 Å². The molecule has 16 heavy (non-hydrogen) atoms. The Balaban J connectivity index is 1.98. The first-order valence-corrected chi connectivity index (χ1v) is 5.90. The molecule has 0 spiro atoms. The van der Waals surface area contributed by atoms with Crippen LogP contribution >= 0.6 is 15.9 Å². The molecule has 2 rings (SSSR count). The third-order valence-corrected chi connectivity index (χ3v) is 3.03. The number of likely N-dealkylation sites (N-methyl/N-ethyl adjacent to an activating group) is 1. The van der Waals surface area contributed by atoms with Crippen molar-refractivity contribution in [3.8, 4) is 0 Å². The van der Waals surface area contributed by atoms with Crippen molar-refractivity contribution in [3.05, 3.63) is 22.7 Å². The third kappa shape index (κ3) is 2.56. The lowest BCUT2D eigenvalue weighted by atomic mass is 10.2. The van der Waals surface area contributed by atoms with Gasteiger partial charge >= 0.3 is 0 Å². The first kappa shape index (κ1) is 11.5. The highest BCUT2D eigenvalue weighted by Gasteiger charge is 2.28. The zero-order chi connectivity index (χ0) is 11.5. The van der Waals surface area contributed by atoms with E-state index in [-0.39, 0.29) is 11.9 Å². The van der Waals surface area contributed by atoms with Crippen molar-refractivity contribution in [2.45, 2.75) is 19.0 Å². The number of carbonyl (C=O) groups is 1. The van der Waals surface area contributed by atoms with Crippen LogP contribution in [0.2, 0.25) is 0 Å². The molecule has 1 aliphatic heterocycles. The fourth-order valence-electron chi connectivity index (χ4n) is 1.76. The molecule has 0 radical (unpaired) electrons. The fourth-order valence-corrected chi connectivity index (χ4v) is 1.96. The number of aromatic nitrogens is 2. The zero-order valence-corrected chi connectivity index (χ0v) is 10.6. The van der Waals surface area contributed by atoms with Gasteiger partial charge in [-0.15, -0.1) is 0 Å². The van der Waals surface area contributed by atoms with Crippen LogP contribution in [-0.2, 0) is 11.3 Å². The standard InChI is InChI=1S/C10H13BrN4O/c1-15(8-2-3-12-10(8)16)6-9-13-4-7(11)5-14-9/h4-5,8H,2-3,6H2,1H3,(H,12,16). The molecule has 2 heterocycles. The van der Waals surface area contributed by atoms with Crippen LogP contribution in [0.15, 0.2) is 16.9 Å². The molecule has 1 aromatic heterocycles. The largest absolute Gasteiger partial charge is 0.355 e. The average molecular weight is 285 g/mol. The second kappa shape index (κ2) is 4.88. The number of amides is 1. The minimum atomic E-state index is -0.0488. The smallest absolute Gasteiger partial charge is 0.237 e. The molecule has 1 fully saturated rings. The Hall–Kier alpha value is -1.01. The highest BCUT2D eigenvalue weighted by Crippen LogP contribution is 2.11. The molecule has 1 amide bonds. The van der Waals surface area contributed by atoms with Crippen molar-refractivity contribution in [2.75, 3.05) is 13.6 Å². The van der Waals surface area contributed by atoms with Gasteiger partial charge in [-0.3, -0.25) is 9.69 Å². The molecule has 1 unspecified atom stereocenters. The summed E-state index contributed by atoms with van der Waals surface area (Å²) in [7, 11) is 1.92. The number of carbonyl (C=O) groups excluding carboxylic acids is 1. The molecule has 6 heteroatoms. The Morgan fingerprint density at radius 3 is 2.81 bits per heavy atom. The lowest BCUT2D eigenvalue weighted by molar-refractivity contribution is -0.123. The van der Waals surface area contributed by atoms with Crippen LogP contribution < -0.4 is 5.32 Å². The van der Waals surface area contributed by atoms with E-state index in [1.807, 2.05) is 11.9 Å². The third-order valence-electron chi connectivity index (χ3n) is 2.62. The number of nitrogens with one attached hydrogen (secondary N) is 1. The van der Waals surface area contributed by atoms with Crippen LogP contribution in [0.4, 0.5) is 0 Å². The number of nitrogens with zero attached hydrogens (tertiary/aromatic N) is 3. The lowest BCUT2D eigenvalue weighted by Gasteiger charge is -2.20. The van der Waals surface area contributed by atoms with Gasteiger partial charge in [0.2, 0.25) is 5.91 Å². The summed E-state index contributed by atoms with van der Waals surface area (Å²) in [6, 6.07) is -0.0488. The SMILES string of the molecule is CN(Cc1ncc(Br)cn1)C1CCNC1=O. The molecule has 0 aliphatic carbocycles. The van der Waals surface area contributed by atoms with E-state index >= 15 is 0 Å². The van der Waals surface area contributed by atoms with E-state index in [1.54, 1.807) is 12.4 Å². The molecule has 1 aliphatic rings. The van der Waals surface area contributed by atoms with E-state index in [2.05, 4.69) is 31.2 Å². The van der Waals surface area contributed by atoms with Crippen LogP contribution in [-0.4, -0.2) is 40.4 Å². The molecule has 0 aromatic carbocycles. The van der Waals surface area contributed by atoms with E-state index in [0.717, 1.165) is 23.3 Å². The summed E-state index contributed by atoms with van der Waals surface area (Å²) < 4.78 is 0.859. The molecule has 0 bridgehead atoms. The fraction of sp³-hybridized carbons (Fsp3) is 0.500. The molecule has 1 aromatic rings. The van der Waals surface area contributed by atoms with E-state index in [0.29, 0.717) is 6.54 Å². The van der Waals surface area contributed by atoms with Crippen molar-refractivity contribution < 1.29 is 4.79 Å². The van der Waals surface area contributed by atoms with Crippen LogP contribution in [0, 0.1) is 0 Å². The summed E-state index contributed by atoms with van der Waals surface area (Å²) in [5.74, 6) is 0.824. The van der Waals surface area contributed by atoms with Crippen LogP contribution in [0.25, 0.3) is 0 Å². The molecule has 0 saturated carbocycles. The molecule has 1 saturated heterocycles. The number of halogens is 1. The zero-order valence-electron chi connectivity index (χ0n) is 8.98. The van der Waals surface area contributed by atoms with Gasteiger partial charge < -0.3 is 5.32 Å². The predicted octanol–water partition coefficient (Wildman–Crippen LogP) is 0.559. The maximum atomic E-state index is 11.5. The molecule has 1 atom stereocenters. The summed E-state index contributed by atoms with van der Waals surface area (Å²) in [5, 5.41) is 2.82. The summed E-state index contributed by atoms with van der Waals surface area (Å²) in [4.78, 5) is 21.8. The highest BCUT2D eigenvalue weighted by molar-refractivity contribution is 9.10. The van der Waals surface area contributed by atoms with E-state index in [4.69, 9.17) is 0 Å². The van der Waals surface area contributed by atoms with Gasteiger partial charge in [0.15, 0.2) is 0 Å². The highest BCUT2D eigenvalue weighted by atomic mass is 79.9. The Kier molecular flexibility index (Phi) is 3.50. The summed E-state index contributed by atoms with van der Waals surface area (Å²) in [6.45, 7) is 1.35. The van der Waals surface area contributed by atoms with Gasteiger partial charge in [-0.2, -0.15) is 0 Å². The van der Waals surface area contributed by atoms with Gasteiger partial charge in [0, 0.05) is 18.9 Å². The Morgan fingerprint density at radius 1 is 1.56 bits per heavy atom. The maximum absolute atomic E-state index is 11.5. The average Bonchev–Trinajstić information content (AvgIpc) is 2.68. The summed E-state index contributed by atoms with van der Waals surface area (Å²) >= 11 is 3.28. The van der Waals surface area contributed by atoms with Crippen LogP contribution in [0.5, 0.6) is 0 Å². The second-order valence-electron chi connectivity index (χ2n) is 3.83. The molecule has 1 N–H and O–H groups in total. The van der Waals surface area contributed by atoms with Gasteiger partial charge in [0.1, 0.15) is 5.82 Å². The predicted molar refractivity (Wildman–Crippen MR) is 62.6 cm³/mol. The monoisotopic (exact) mass is 284 g/mol. The number of rotatable bonds is 3. The Morgan fingerprint density at radius 2 is 2.25 bits per heavy atom. The first-order valence-electron chi connectivity index (χ1n) is 5.11. The summed E-state index contributed by atoms with van der Waals surface area (Å²) in [5.41, 5.74) is 0. The van der Waals surface area contributed by atoms with E-state index in [9.17, 15) is 4.79 Å². The van der Waals surface area contributed by atoms with Gasteiger partial charge in [-0.25, -0.2) is 9.97 Å². The van der Waals surface area contributed by atoms with Crippen LogP contribution in [0.3, 0.4) is 0 Å². The van der Waals surface area contributed by atoms with Gasteiger partial charge in [0.25, 0.3) is 0 Å². The molecule has 86 valence electrons. The van der Waals surface area contributed by atoms with Crippen molar-refractivity contribution >= 4 is 21.8 Å².